The molecule has 1 aromatic heterocycles. The fourth-order valence-corrected chi connectivity index (χ4v) is 2.47. The van der Waals surface area contributed by atoms with Crippen molar-refractivity contribution in [2.45, 2.75) is 18.7 Å². The second kappa shape index (κ2) is 7.68. The predicted octanol–water partition coefficient (Wildman–Crippen LogP) is 1.97. The molecule has 0 spiro atoms. The summed E-state index contributed by atoms with van der Waals surface area (Å²) in [5, 5.41) is 0. The van der Waals surface area contributed by atoms with Crippen LogP contribution < -0.4 is 5.73 Å². The molecular formula is C11H15BrN2O2S. The third kappa shape index (κ3) is 5.52. The maximum atomic E-state index is 11.3. The molecule has 1 rings (SSSR count). The smallest absolute Gasteiger partial charge is 0.323 e. The van der Waals surface area contributed by atoms with Gasteiger partial charge in [0, 0.05) is 28.4 Å². The normalized spacial score (nSPS) is 12.2. The lowest BCUT2D eigenvalue weighted by Crippen LogP contribution is -2.34. The molecule has 0 bridgehead atoms. The molecule has 0 aliphatic carbocycles. The zero-order valence-electron chi connectivity index (χ0n) is 9.56. The summed E-state index contributed by atoms with van der Waals surface area (Å²) in [6, 6.07) is 1.44. The Hall–Kier alpha value is -0.590. The topological polar surface area (TPSA) is 65.2 Å². The number of ether oxygens (including phenoxy) is 1. The Bertz CT molecular complexity index is 376. The monoisotopic (exact) mass is 318 g/mol. The van der Waals surface area contributed by atoms with Crippen LogP contribution in [0.15, 0.2) is 22.9 Å². The van der Waals surface area contributed by atoms with Crippen molar-refractivity contribution < 1.29 is 9.53 Å². The number of hydrogen-bond acceptors (Lipinski definition) is 5. The number of hydrogen-bond donors (Lipinski definition) is 1. The first-order chi connectivity index (χ1) is 8.13. The summed E-state index contributed by atoms with van der Waals surface area (Å²) in [5.74, 6) is 0.984. The van der Waals surface area contributed by atoms with Crippen molar-refractivity contribution in [3.63, 3.8) is 0 Å². The number of pyridine rings is 1. The number of thioether (sulfide) groups is 1. The number of nitrogens with zero attached hydrogens (tertiary/aromatic N) is 1. The Balaban J connectivity index is 2.30. The lowest BCUT2D eigenvalue weighted by molar-refractivity contribution is -0.144. The summed E-state index contributed by atoms with van der Waals surface area (Å²) in [5.41, 5.74) is 6.77. The van der Waals surface area contributed by atoms with Crippen molar-refractivity contribution in [2.24, 2.45) is 5.73 Å². The number of carbonyl (C=O) groups is 1. The lowest BCUT2D eigenvalue weighted by atomic mass is 10.3. The first-order valence-corrected chi connectivity index (χ1v) is 7.17. The van der Waals surface area contributed by atoms with Crippen molar-refractivity contribution in [1.29, 1.82) is 0 Å². The predicted molar refractivity (Wildman–Crippen MR) is 72.7 cm³/mol. The van der Waals surface area contributed by atoms with Crippen LogP contribution in [0.25, 0.3) is 0 Å². The molecular weight excluding hydrogens is 304 g/mol. The van der Waals surface area contributed by atoms with E-state index in [-0.39, 0.29) is 5.97 Å². The highest BCUT2D eigenvalue weighted by Crippen LogP contribution is 2.16. The Kier molecular flexibility index (Phi) is 6.54. The van der Waals surface area contributed by atoms with Crippen LogP contribution in [0.4, 0.5) is 0 Å². The maximum Gasteiger partial charge on any atom is 0.323 e. The van der Waals surface area contributed by atoms with Crippen LogP contribution >= 0.6 is 27.7 Å². The summed E-state index contributed by atoms with van der Waals surface area (Å²) in [7, 11) is 0. The zero-order valence-corrected chi connectivity index (χ0v) is 12.0. The molecule has 0 aromatic carbocycles. The van der Waals surface area contributed by atoms with Crippen LogP contribution in [0.5, 0.6) is 0 Å². The standard InChI is InChI=1S/C11H15BrN2O2S/c1-2-16-11(15)10(13)7-17-6-8-3-9(12)5-14-4-8/h3-5,10H,2,6-7,13H2,1H3. The van der Waals surface area contributed by atoms with Gasteiger partial charge in [-0.3, -0.25) is 9.78 Å². The third-order valence-corrected chi connectivity index (χ3v) is 3.48. The van der Waals surface area contributed by atoms with Gasteiger partial charge in [0.1, 0.15) is 6.04 Å². The molecule has 2 N–H and O–H groups in total. The van der Waals surface area contributed by atoms with E-state index in [1.54, 1.807) is 31.1 Å². The molecule has 0 saturated heterocycles. The van der Waals surface area contributed by atoms with Gasteiger partial charge in [-0.05, 0) is 34.5 Å². The number of aromatic nitrogens is 1. The molecule has 4 nitrogen and oxygen atoms in total. The molecule has 0 saturated carbocycles. The van der Waals surface area contributed by atoms with Crippen molar-refractivity contribution in [1.82, 2.24) is 4.98 Å². The second-order valence-electron chi connectivity index (χ2n) is 3.39. The van der Waals surface area contributed by atoms with E-state index in [4.69, 9.17) is 10.5 Å². The summed E-state index contributed by atoms with van der Waals surface area (Å²) in [6.07, 6.45) is 3.53. The minimum Gasteiger partial charge on any atom is -0.465 e. The number of esters is 1. The van der Waals surface area contributed by atoms with Crippen molar-refractivity contribution in [3.8, 4) is 0 Å². The van der Waals surface area contributed by atoms with E-state index in [0.717, 1.165) is 15.8 Å². The van der Waals surface area contributed by atoms with E-state index in [1.165, 1.54) is 0 Å². The molecule has 1 atom stereocenters. The Morgan fingerprint density at radius 2 is 2.41 bits per heavy atom. The van der Waals surface area contributed by atoms with Gasteiger partial charge in [-0.1, -0.05) is 0 Å². The molecule has 0 amide bonds. The van der Waals surface area contributed by atoms with E-state index in [9.17, 15) is 4.79 Å². The first kappa shape index (κ1) is 14.5. The zero-order chi connectivity index (χ0) is 12.7. The largest absolute Gasteiger partial charge is 0.465 e. The fraction of sp³-hybridized carbons (Fsp3) is 0.455. The summed E-state index contributed by atoms with van der Waals surface area (Å²) in [4.78, 5) is 15.3. The highest BCUT2D eigenvalue weighted by Gasteiger charge is 2.14. The van der Waals surface area contributed by atoms with E-state index >= 15 is 0 Å². The minimum atomic E-state index is -0.555. The summed E-state index contributed by atoms with van der Waals surface area (Å²) < 4.78 is 5.78. The molecule has 1 heterocycles. The number of halogens is 1. The minimum absolute atomic E-state index is 0.340. The molecule has 6 heteroatoms. The lowest BCUT2D eigenvalue weighted by Gasteiger charge is -2.09. The molecule has 0 radical (unpaired) electrons. The Morgan fingerprint density at radius 3 is 3.06 bits per heavy atom. The third-order valence-electron chi connectivity index (χ3n) is 1.92. The van der Waals surface area contributed by atoms with Gasteiger partial charge in [0.2, 0.25) is 0 Å². The quantitative estimate of drug-likeness (QED) is 0.812. The Labute approximate surface area is 113 Å². The Morgan fingerprint density at radius 1 is 1.65 bits per heavy atom. The number of carbonyl (C=O) groups excluding carboxylic acids is 1. The van der Waals surface area contributed by atoms with Crippen LogP contribution in [0, 0.1) is 0 Å². The molecule has 94 valence electrons. The fourth-order valence-electron chi connectivity index (χ4n) is 1.16. The van der Waals surface area contributed by atoms with Crippen LogP contribution in [-0.4, -0.2) is 29.4 Å². The average Bonchev–Trinajstić information content (AvgIpc) is 2.29. The van der Waals surface area contributed by atoms with Crippen molar-refractivity contribution in [3.05, 3.63) is 28.5 Å². The van der Waals surface area contributed by atoms with Crippen molar-refractivity contribution >= 4 is 33.7 Å². The summed E-state index contributed by atoms with van der Waals surface area (Å²) in [6.45, 7) is 2.14. The molecule has 17 heavy (non-hydrogen) atoms. The van der Waals surface area contributed by atoms with Gasteiger partial charge in [0.15, 0.2) is 0 Å². The van der Waals surface area contributed by atoms with E-state index in [1.807, 2.05) is 6.07 Å². The SMILES string of the molecule is CCOC(=O)C(N)CSCc1cncc(Br)c1. The second-order valence-corrected chi connectivity index (χ2v) is 5.33. The van der Waals surface area contributed by atoms with Gasteiger partial charge in [0.05, 0.1) is 6.61 Å². The highest BCUT2D eigenvalue weighted by molar-refractivity contribution is 9.10. The van der Waals surface area contributed by atoms with Gasteiger partial charge >= 0.3 is 5.97 Å². The van der Waals surface area contributed by atoms with Gasteiger partial charge in [-0.15, -0.1) is 0 Å². The number of rotatable bonds is 6. The number of nitrogens with two attached hydrogens (primary N) is 1. The molecule has 1 aromatic rings. The van der Waals surface area contributed by atoms with Gasteiger partial charge in [-0.25, -0.2) is 0 Å². The first-order valence-electron chi connectivity index (χ1n) is 5.23. The van der Waals surface area contributed by atoms with Crippen LogP contribution in [0.2, 0.25) is 0 Å². The molecule has 0 aliphatic rings. The van der Waals surface area contributed by atoms with Crippen LogP contribution in [0.3, 0.4) is 0 Å². The van der Waals surface area contributed by atoms with Gasteiger partial charge < -0.3 is 10.5 Å². The molecule has 0 aliphatic heterocycles. The van der Waals surface area contributed by atoms with Crippen LogP contribution in [-0.2, 0) is 15.3 Å². The highest BCUT2D eigenvalue weighted by atomic mass is 79.9. The summed E-state index contributed by atoms with van der Waals surface area (Å²) >= 11 is 4.95. The van der Waals surface area contributed by atoms with Crippen molar-refractivity contribution in [2.75, 3.05) is 12.4 Å². The van der Waals surface area contributed by atoms with Gasteiger partial charge in [0.25, 0.3) is 0 Å². The molecule has 1 unspecified atom stereocenters. The van der Waals surface area contributed by atoms with E-state index in [2.05, 4.69) is 20.9 Å². The molecule has 0 fully saturated rings. The van der Waals surface area contributed by atoms with E-state index < -0.39 is 6.04 Å². The average molecular weight is 319 g/mol. The van der Waals surface area contributed by atoms with Crippen LogP contribution in [0.1, 0.15) is 12.5 Å². The van der Waals surface area contributed by atoms with E-state index in [0.29, 0.717) is 12.4 Å². The van der Waals surface area contributed by atoms with Gasteiger partial charge in [-0.2, -0.15) is 11.8 Å². The maximum absolute atomic E-state index is 11.3.